The Morgan fingerprint density at radius 1 is 1.25 bits per heavy atom. The zero-order valence-electron chi connectivity index (χ0n) is 7.59. The van der Waals surface area contributed by atoms with Crippen molar-refractivity contribution in [3.8, 4) is 0 Å². The molecule has 3 heteroatoms. The van der Waals surface area contributed by atoms with Gasteiger partial charge in [-0.25, -0.2) is 0 Å². The molecule has 0 unspecified atom stereocenters. The van der Waals surface area contributed by atoms with E-state index in [2.05, 4.69) is 10.2 Å². The van der Waals surface area contributed by atoms with Gasteiger partial charge in [0.2, 0.25) is 0 Å². The Labute approximate surface area is 81.1 Å². The van der Waals surface area contributed by atoms with Crippen molar-refractivity contribution < 1.29 is 0 Å². The fraction of sp³-hybridized carbons (Fsp3) is 1.00. The first-order valence-corrected chi connectivity index (χ1v) is 4.88. The van der Waals surface area contributed by atoms with Gasteiger partial charge in [0.05, 0.1) is 0 Å². The van der Waals surface area contributed by atoms with Crippen molar-refractivity contribution >= 4 is 12.4 Å². The van der Waals surface area contributed by atoms with Gasteiger partial charge in [0.25, 0.3) is 0 Å². The van der Waals surface area contributed by atoms with Gasteiger partial charge in [-0.2, -0.15) is 0 Å². The number of likely N-dealkylation sites (tertiary alicyclic amines) is 1. The van der Waals surface area contributed by atoms with E-state index < -0.39 is 0 Å². The molecule has 0 aliphatic carbocycles. The number of hydrogen-bond acceptors (Lipinski definition) is 2. The molecule has 2 heterocycles. The van der Waals surface area contributed by atoms with Gasteiger partial charge in [-0.15, -0.1) is 12.4 Å². The number of halogens is 1. The van der Waals surface area contributed by atoms with E-state index in [9.17, 15) is 0 Å². The van der Waals surface area contributed by atoms with Crippen LogP contribution in [0, 0.1) is 5.92 Å². The third-order valence-corrected chi connectivity index (χ3v) is 2.88. The molecule has 0 radical (unpaired) electrons. The largest absolute Gasteiger partial charge is 0.316 e. The summed E-state index contributed by atoms with van der Waals surface area (Å²) >= 11 is 0. The molecule has 0 amide bonds. The molecule has 0 bridgehead atoms. The minimum atomic E-state index is 0. The lowest BCUT2D eigenvalue weighted by atomic mass is 10.1. The van der Waals surface area contributed by atoms with Crippen molar-refractivity contribution in [2.45, 2.75) is 19.3 Å². The molecule has 2 rings (SSSR count). The van der Waals surface area contributed by atoms with E-state index in [1.165, 1.54) is 52.0 Å². The molecule has 12 heavy (non-hydrogen) atoms. The normalized spacial score (nSPS) is 30.5. The summed E-state index contributed by atoms with van der Waals surface area (Å²) in [4.78, 5) is 2.62. The molecule has 0 spiro atoms. The van der Waals surface area contributed by atoms with Crippen LogP contribution >= 0.6 is 12.4 Å². The van der Waals surface area contributed by atoms with Crippen LogP contribution in [0.5, 0.6) is 0 Å². The maximum Gasteiger partial charge on any atom is 0.00223 e. The van der Waals surface area contributed by atoms with Crippen molar-refractivity contribution in [1.82, 2.24) is 10.2 Å². The summed E-state index contributed by atoms with van der Waals surface area (Å²) in [5.74, 6) is 0.952. The monoisotopic (exact) mass is 190 g/mol. The highest BCUT2D eigenvalue weighted by Gasteiger charge is 2.19. The number of hydrogen-bond donors (Lipinski definition) is 1. The van der Waals surface area contributed by atoms with Crippen LogP contribution in [0.25, 0.3) is 0 Å². The van der Waals surface area contributed by atoms with Gasteiger partial charge in [0.1, 0.15) is 0 Å². The summed E-state index contributed by atoms with van der Waals surface area (Å²) in [7, 11) is 0. The zero-order chi connectivity index (χ0) is 7.52. The van der Waals surface area contributed by atoms with E-state index in [0.29, 0.717) is 0 Å². The highest BCUT2D eigenvalue weighted by Crippen LogP contribution is 2.14. The molecule has 2 nitrogen and oxygen atoms in total. The van der Waals surface area contributed by atoms with Gasteiger partial charge in [0, 0.05) is 6.54 Å². The Balaban J connectivity index is 0.000000720. The summed E-state index contributed by atoms with van der Waals surface area (Å²) in [6.45, 7) is 6.58. The van der Waals surface area contributed by atoms with Gasteiger partial charge in [0.15, 0.2) is 0 Å². The first kappa shape index (κ1) is 10.3. The highest BCUT2D eigenvalue weighted by atomic mass is 35.5. The molecule has 0 saturated carbocycles. The van der Waals surface area contributed by atoms with E-state index in [4.69, 9.17) is 0 Å². The lowest BCUT2D eigenvalue weighted by Crippen LogP contribution is -2.27. The molecule has 0 aromatic heterocycles. The Morgan fingerprint density at radius 3 is 2.58 bits per heavy atom. The Hall–Kier alpha value is 0.210. The molecule has 2 aliphatic rings. The fourth-order valence-electron chi connectivity index (χ4n) is 2.20. The minimum absolute atomic E-state index is 0. The van der Waals surface area contributed by atoms with Gasteiger partial charge in [-0.1, -0.05) is 0 Å². The summed E-state index contributed by atoms with van der Waals surface area (Å²) in [6.07, 6.45) is 4.26. The smallest absolute Gasteiger partial charge is 0.00223 e. The summed E-state index contributed by atoms with van der Waals surface area (Å²) < 4.78 is 0. The van der Waals surface area contributed by atoms with Crippen LogP contribution in [-0.2, 0) is 0 Å². The Kier molecular flexibility index (Phi) is 4.33. The van der Waals surface area contributed by atoms with Gasteiger partial charge in [-0.3, -0.25) is 0 Å². The summed E-state index contributed by atoms with van der Waals surface area (Å²) in [5, 5.41) is 3.42. The predicted molar refractivity (Wildman–Crippen MR) is 53.9 cm³/mol. The van der Waals surface area contributed by atoms with Gasteiger partial charge >= 0.3 is 0 Å². The predicted octanol–water partition coefficient (Wildman–Crippen LogP) is 1.11. The van der Waals surface area contributed by atoms with E-state index in [1.807, 2.05) is 0 Å². The Morgan fingerprint density at radius 2 is 2.00 bits per heavy atom. The second-order valence-corrected chi connectivity index (χ2v) is 3.87. The second kappa shape index (κ2) is 5.05. The average molecular weight is 191 g/mol. The second-order valence-electron chi connectivity index (χ2n) is 3.87. The molecule has 2 aliphatic heterocycles. The zero-order valence-corrected chi connectivity index (χ0v) is 8.41. The molecular weight excluding hydrogens is 172 g/mol. The molecular formula is C9H19ClN2. The molecule has 0 aromatic carbocycles. The van der Waals surface area contributed by atoms with E-state index in [1.54, 1.807) is 0 Å². The maximum absolute atomic E-state index is 3.42. The van der Waals surface area contributed by atoms with Crippen molar-refractivity contribution in [3.63, 3.8) is 0 Å². The topological polar surface area (TPSA) is 15.3 Å². The maximum atomic E-state index is 3.42. The number of nitrogens with zero attached hydrogens (tertiary/aromatic N) is 1. The SMILES string of the molecule is C1CCN(C[C@H]2CCNC2)C1.Cl. The van der Waals surface area contributed by atoms with Crippen molar-refractivity contribution in [2.24, 2.45) is 5.92 Å². The first-order valence-electron chi connectivity index (χ1n) is 4.88. The third kappa shape index (κ3) is 2.61. The van der Waals surface area contributed by atoms with E-state index in [0.717, 1.165) is 5.92 Å². The van der Waals surface area contributed by atoms with Crippen LogP contribution in [0.3, 0.4) is 0 Å². The standard InChI is InChI=1S/C9H18N2.ClH/c1-2-6-11(5-1)8-9-3-4-10-7-9;/h9-10H,1-8H2;1H/t9-;/m0./s1. The van der Waals surface area contributed by atoms with Crippen LogP contribution in [0.2, 0.25) is 0 Å². The average Bonchev–Trinajstić information content (AvgIpc) is 2.60. The highest BCUT2D eigenvalue weighted by molar-refractivity contribution is 5.85. The van der Waals surface area contributed by atoms with Crippen LogP contribution < -0.4 is 5.32 Å². The van der Waals surface area contributed by atoms with Crippen LogP contribution in [-0.4, -0.2) is 37.6 Å². The molecule has 2 saturated heterocycles. The van der Waals surface area contributed by atoms with Crippen LogP contribution in [0.1, 0.15) is 19.3 Å². The lowest BCUT2D eigenvalue weighted by Gasteiger charge is -2.18. The molecule has 1 atom stereocenters. The first-order chi connectivity index (χ1) is 5.45. The lowest BCUT2D eigenvalue weighted by molar-refractivity contribution is 0.288. The van der Waals surface area contributed by atoms with Crippen molar-refractivity contribution in [3.05, 3.63) is 0 Å². The van der Waals surface area contributed by atoms with Crippen molar-refractivity contribution in [1.29, 1.82) is 0 Å². The third-order valence-electron chi connectivity index (χ3n) is 2.88. The number of nitrogens with one attached hydrogen (secondary N) is 1. The van der Waals surface area contributed by atoms with E-state index >= 15 is 0 Å². The summed E-state index contributed by atoms with van der Waals surface area (Å²) in [6, 6.07) is 0. The molecule has 1 N–H and O–H groups in total. The van der Waals surface area contributed by atoms with Crippen LogP contribution in [0.4, 0.5) is 0 Å². The number of rotatable bonds is 2. The summed E-state index contributed by atoms with van der Waals surface area (Å²) in [5.41, 5.74) is 0. The quantitative estimate of drug-likeness (QED) is 0.702. The van der Waals surface area contributed by atoms with Crippen LogP contribution in [0.15, 0.2) is 0 Å². The van der Waals surface area contributed by atoms with E-state index in [-0.39, 0.29) is 12.4 Å². The molecule has 2 fully saturated rings. The molecule has 72 valence electrons. The van der Waals surface area contributed by atoms with Gasteiger partial charge in [-0.05, 0) is 51.4 Å². The fourth-order valence-corrected chi connectivity index (χ4v) is 2.20. The minimum Gasteiger partial charge on any atom is -0.316 e. The molecule has 0 aromatic rings. The Bertz CT molecular complexity index is 104. The van der Waals surface area contributed by atoms with Gasteiger partial charge < -0.3 is 10.2 Å². The van der Waals surface area contributed by atoms with Crippen molar-refractivity contribution in [2.75, 3.05) is 32.7 Å².